The number of allylic oxidation sites excluding steroid dienone is 1. The van der Waals surface area contributed by atoms with E-state index in [-0.39, 0.29) is 18.7 Å². The minimum atomic E-state index is -1.42. The van der Waals surface area contributed by atoms with Crippen LogP contribution in [0.1, 0.15) is 35.8 Å². The summed E-state index contributed by atoms with van der Waals surface area (Å²) < 4.78 is 20.7. The molecule has 2 aromatic carbocycles. The normalized spacial score (nSPS) is 12.6. The summed E-state index contributed by atoms with van der Waals surface area (Å²) >= 11 is 6.00. The lowest BCUT2D eigenvalue weighted by Gasteiger charge is -2.21. The minimum Gasteiger partial charge on any atom is -0.464 e. The van der Waals surface area contributed by atoms with Crippen LogP contribution < -0.4 is 5.32 Å². The van der Waals surface area contributed by atoms with Gasteiger partial charge in [0.2, 0.25) is 0 Å². The van der Waals surface area contributed by atoms with Crippen molar-refractivity contribution in [2.45, 2.75) is 44.9 Å². The van der Waals surface area contributed by atoms with E-state index in [1.807, 2.05) is 0 Å². The molecular formula is C26H28ClFN4O4. The van der Waals surface area contributed by atoms with Gasteiger partial charge in [0.25, 0.3) is 5.91 Å². The van der Waals surface area contributed by atoms with Gasteiger partial charge in [-0.15, -0.1) is 11.7 Å². The van der Waals surface area contributed by atoms with Crippen LogP contribution in [-0.4, -0.2) is 50.7 Å². The van der Waals surface area contributed by atoms with Gasteiger partial charge in [-0.1, -0.05) is 47.2 Å². The third-order valence-electron chi connectivity index (χ3n) is 5.41. The maximum absolute atomic E-state index is 14.2. The maximum Gasteiger partial charge on any atom is 0.335 e. The average Bonchev–Trinajstić information content (AvgIpc) is 3.34. The van der Waals surface area contributed by atoms with Gasteiger partial charge in [0.15, 0.2) is 11.8 Å². The van der Waals surface area contributed by atoms with Gasteiger partial charge in [-0.2, -0.15) is 0 Å². The molecule has 0 bridgehead atoms. The van der Waals surface area contributed by atoms with Crippen molar-refractivity contribution < 1.29 is 23.8 Å². The van der Waals surface area contributed by atoms with E-state index in [0.29, 0.717) is 35.5 Å². The van der Waals surface area contributed by atoms with Crippen LogP contribution in [-0.2, 0) is 22.5 Å². The Hall–Kier alpha value is -3.56. The van der Waals surface area contributed by atoms with E-state index in [2.05, 4.69) is 22.2 Å². The number of hydrogen-bond acceptors (Lipinski definition) is 6. The van der Waals surface area contributed by atoms with Crippen LogP contribution in [0.5, 0.6) is 0 Å². The Morgan fingerprint density at radius 2 is 2.03 bits per heavy atom. The van der Waals surface area contributed by atoms with Gasteiger partial charge >= 0.3 is 5.97 Å². The molecule has 0 unspecified atom stereocenters. The zero-order valence-corrected chi connectivity index (χ0v) is 20.6. The van der Waals surface area contributed by atoms with Gasteiger partial charge in [-0.05, 0) is 49.1 Å². The molecule has 1 heterocycles. The number of hydrogen-bond donors (Lipinski definition) is 2. The van der Waals surface area contributed by atoms with Gasteiger partial charge in [-0.3, -0.25) is 9.48 Å². The Morgan fingerprint density at radius 3 is 2.72 bits per heavy atom. The summed E-state index contributed by atoms with van der Waals surface area (Å²) in [4.78, 5) is 24.8. The fourth-order valence-corrected chi connectivity index (χ4v) is 3.79. The molecule has 3 rings (SSSR count). The van der Waals surface area contributed by atoms with E-state index in [1.165, 1.54) is 23.0 Å². The molecule has 1 amide bonds. The molecule has 3 aromatic rings. The van der Waals surface area contributed by atoms with Crippen LogP contribution in [0.25, 0.3) is 11.1 Å². The number of nitrogens with one attached hydrogen (secondary N) is 1. The summed E-state index contributed by atoms with van der Waals surface area (Å²) in [6.45, 7) is 5.96. The van der Waals surface area contributed by atoms with Gasteiger partial charge in [-0.25, -0.2) is 9.18 Å². The van der Waals surface area contributed by atoms with Crippen molar-refractivity contribution in [2.24, 2.45) is 0 Å². The number of carbonyl (C=O) groups is 2. The molecule has 0 saturated heterocycles. The predicted octanol–water partition coefficient (Wildman–Crippen LogP) is 3.97. The quantitative estimate of drug-likeness (QED) is 0.280. The molecule has 0 saturated carbocycles. The first-order valence-electron chi connectivity index (χ1n) is 11.5. The Bertz CT molecular complexity index is 1200. The van der Waals surface area contributed by atoms with Crippen molar-refractivity contribution in [3.63, 3.8) is 0 Å². The summed E-state index contributed by atoms with van der Waals surface area (Å²) in [6, 6.07) is 10.8. The number of halogens is 2. The second kappa shape index (κ2) is 12.9. The molecule has 10 heteroatoms. The Balaban J connectivity index is 1.76. The van der Waals surface area contributed by atoms with Crippen LogP contribution in [0, 0.1) is 5.82 Å². The highest BCUT2D eigenvalue weighted by Crippen LogP contribution is 2.26. The number of rotatable bonds is 12. The standard InChI is InChI=1S/C26H28ClFN4O4/c1-3-5-12-32-16-23(30-31-32)25(34)29-20(15-24(33)26(35)36-4-2)13-17-6-8-18(9-7-17)21-14-19(27)10-11-22(21)28/h3,6-11,14,16,20,24,33H,1,4-5,12-13,15H2,2H3,(H,29,34)/t20-,24-/m1/s1. The first kappa shape index (κ1) is 27.0. The zero-order valence-electron chi connectivity index (χ0n) is 19.9. The van der Waals surface area contributed by atoms with E-state index in [4.69, 9.17) is 16.3 Å². The largest absolute Gasteiger partial charge is 0.464 e. The Labute approximate surface area is 213 Å². The summed E-state index contributed by atoms with van der Waals surface area (Å²) in [5.74, 6) is -1.64. The minimum absolute atomic E-state index is 0.0696. The average molecular weight is 515 g/mol. The number of nitrogens with zero attached hydrogens (tertiary/aromatic N) is 3. The summed E-state index contributed by atoms with van der Waals surface area (Å²) in [7, 11) is 0. The molecule has 190 valence electrons. The third-order valence-corrected chi connectivity index (χ3v) is 5.65. The van der Waals surface area contributed by atoms with Crippen LogP contribution in [0.2, 0.25) is 5.02 Å². The molecule has 36 heavy (non-hydrogen) atoms. The molecule has 1 aromatic heterocycles. The van der Waals surface area contributed by atoms with E-state index in [0.717, 1.165) is 5.56 Å². The number of aromatic nitrogens is 3. The van der Waals surface area contributed by atoms with Crippen LogP contribution in [0.15, 0.2) is 61.3 Å². The molecule has 8 nitrogen and oxygen atoms in total. The third kappa shape index (κ3) is 7.47. The molecule has 2 atom stereocenters. The van der Waals surface area contributed by atoms with Crippen LogP contribution in [0.4, 0.5) is 4.39 Å². The lowest BCUT2D eigenvalue weighted by molar-refractivity contribution is -0.153. The molecule has 0 fully saturated rings. The van der Waals surface area contributed by atoms with Crippen LogP contribution >= 0.6 is 11.6 Å². The second-order valence-electron chi connectivity index (χ2n) is 8.14. The molecule has 0 aliphatic carbocycles. The molecule has 0 spiro atoms. The number of carbonyl (C=O) groups excluding carboxylic acids is 2. The van der Waals surface area contributed by atoms with Gasteiger partial charge in [0, 0.05) is 29.6 Å². The SMILES string of the molecule is C=CCCn1cc(C(=O)N[C@H](Cc2ccc(-c3cc(Cl)ccc3F)cc2)C[C@@H](O)C(=O)OCC)nn1. The Morgan fingerprint density at radius 1 is 1.28 bits per heavy atom. The lowest BCUT2D eigenvalue weighted by Crippen LogP contribution is -2.41. The van der Waals surface area contributed by atoms with Crippen molar-refractivity contribution in [3.8, 4) is 11.1 Å². The number of aliphatic hydroxyl groups excluding tert-OH is 1. The van der Waals surface area contributed by atoms with Gasteiger partial charge < -0.3 is 15.2 Å². The lowest BCUT2D eigenvalue weighted by atomic mass is 9.97. The van der Waals surface area contributed by atoms with E-state index in [9.17, 15) is 19.1 Å². The van der Waals surface area contributed by atoms with E-state index in [1.54, 1.807) is 43.3 Å². The van der Waals surface area contributed by atoms with Crippen molar-refractivity contribution in [1.82, 2.24) is 20.3 Å². The highest BCUT2D eigenvalue weighted by Gasteiger charge is 2.25. The molecular weight excluding hydrogens is 487 g/mol. The maximum atomic E-state index is 14.2. The number of ether oxygens (including phenoxy) is 1. The highest BCUT2D eigenvalue weighted by atomic mass is 35.5. The van der Waals surface area contributed by atoms with Crippen LogP contribution in [0.3, 0.4) is 0 Å². The van der Waals surface area contributed by atoms with Gasteiger partial charge in [0.1, 0.15) is 5.82 Å². The van der Waals surface area contributed by atoms with Crippen molar-refractivity contribution in [1.29, 1.82) is 0 Å². The highest BCUT2D eigenvalue weighted by molar-refractivity contribution is 6.30. The van der Waals surface area contributed by atoms with Crippen molar-refractivity contribution >= 4 is 23.5 Å². The fourth-order valence-electron chi connectivity index (χ4n) is 3.62. The smallest absolute Gasteiger partial charge is 0.335 e. The van der Waals surface area contributed by atoms with E-state index < -0.39 is 29.8 Å². The molecule has 0 radical (unpaired) electrons. The topological polar surface area (TPSA) is 106 Å². The summed E-state index contributed by atoms with van der Waals surface area (Å²) in [5, 5.41) is 21.4. The van der Waals surface area contributed by atoms with Crippen molar-refractivity contribution in [3.05, 3.63) is 83.4 Å². The van der Waals surface area contributed by atoms with E-state index >= 15 is 0 Å². The summed E-state index contributed by atoms with van der Waals surface area (Å²) in [5.41, 5.74) is 1.93. The summed E-state index contributed by atoms with van der Waals surface area (Å²) in [6.07, 6.45) is 2.74. The first-order chi connectivity index (χ1) is 17.3. The molecule has 2 N–H and O–H groups in total. The number of aryl methyl sites for hydroxylation is 1. The number of amides is 1. The number of aliphatic hydroxyl groups is 1. The Kier molecular flexibility index (Phi) is 9.72. The van der Waals surface area contributed by atoms with Gasteiger partial charge in [0.05, 0.1) is 12.8 Å². The second-order valence-corrected chi connectivity index (χ2v) is 8.58. The predicted molar refractivity (Wildman–Crippen MR) is 134 cm³/mol. The number of benzene rings is 2. The fraction of sp³-hybridized carbons (Fsp3) is 0.308. The van der Waals surface area contributed by atoms with Crippen molar-refractivity contribution in [2.75, 3.05) is 6.61 Å². The zero-order chi connectivity index (χ0) is 26.1. The molecule has 0 aliphatic rings. The first-order valence-corrected chi connectivity index (χ1v) is 11.9. The molecule has 0 aliphatic heterocycles. The number of esters is 1. The monoisotopic (exact) mass is 514 g/mol.